The van der Waals surface area contributed by atoms with Gasteiger partial charge in [0.15, 0.2) is 0 Å². The van der Waals surface area contributed by atoms with Crippen LogP contribution in [-0.2, 0) is 15.1 Å². The van der Waals surface area contributed by atoms with Crippen molar-refractivity contribution in [1.82, 2.24) is 4.90 Å². The van der Waals surface area contributed by atoms with Gasteiger partial charge in [0.25, 0.3) is 0 Å². The molecular weight excluding hydrogens is 266 g/mol. The maximum atomic E-state index is 12.0. The van der Waals surface area contributed by atoms with Crippen LogP contribution in [0.4, 0.5) is 0 Å². The predicted molar refractivity (Wildman–Crippen MR) is 84.5 cm³/mol. The van der Waals surface area contributed by atoms with E-state index in [-0.39, 0.29) is 11.5 Å². The van der Waals surface area contributed by atoms with Crippen molar-refractivity contribution in [2.75, 3.05) is 26.8 Å². The number of rotatable bonds is 8. The van der Waals surface area contributed by atoms with Gasteiger partial charge in [0.1, 0.15) is 5.75 Å². The third kappa shape index (κ3) is 4.21. The monoisotopic (exact) mass is 293 g/mol. The topological polar surface area (TPSA) is 38.8 Å². The summed E-state index contributed by atoms with van der Waals surface area (Å²) < 4.78 is 10.4. The van der Waals surface area contributed by atoms with Crippen molar-refractivity contribution in [2.45, 2.75) is 39.7 Å². The summed E-state index contributed by atoms with van der Waals surface area (Å²) in [6.45, 7) is 10.3. The van der Waals surface area contributed by atoms with Gasteiger partial charge in [-0.3, -0.25) is 9.69 Å². The third-order valence-electron chi connectivity index (χ3n) is 3.97. The molecule has 0 bridgehead atoms. The van der Waals surface area contributed by atoms with Gasteiger partial charge < -0.3 is 9.47 Å². The number of hydrogen-bond acceptors (Lipinski definition) is 4. The highest BCUT2D eigenvalue weighted by Gasteiger charge is 2.35. The van der Waals surface area contributed by atoms with Crippen molar-refractivity contribution in [2.24, 2.45) is 0 Å². The van der Waals surface area contributed by atoms with Gasteiger partial charge in [-0.1, -0.05) is 26.0 Å². The molecule has 118 valence electrons. The van der Waals surface area contributed by atoms with Gasteiger partial charge in [-0.15, -0.1) is 0 Å². The molecule has 0 heterocycles. The molecule has 1 rings (SSSR count). The van der Waals surface area contributed by atoms with E-state index in [2.05, 4.69) is 25.7 Å². The molecule has 0 fully saturated rings. The zero-order valence-electron chi connectivity index (χ0n) is 13.8. The summed E-state index contributed by atoms with van der Waals surface area (Å²) in [5, 5.41) is 0. The molecule has 21 heavy (non-hydrogen) atoms. The van der Waals surface area contributed by atoms with Gasteiger partial charge >= 0.3 is 5.97 Å². The highest BCUT2D eigenvalue weighted by Crippen LogP contribution is 2.33. The molecule has 0 saturated carbocycles. The van der Waals surface area contributed by atoms with Crippen LogP contribution in [0.15, 0.2) is 24.3 Å². The lowest BCUT2D eigenvalue weighted by molar-refractivity contribution is -0.146. The van der Waals surface area contributed by atoms with Crippen LogP contribution in [0, 0.1) is 0 Å². The fourth-order valence-electron chi connectivity index (χ4n) is 2.76. The van der Waals surface area contributed by atoms with E-state index in [1.54, 1.807) is 7.11 Å². The van der Waals surface area contributed by atoms with Gasteiger partial charge in [-0.25, -0.2) is 0 Å². The fourth-order valence-corrected chi connectivity index (χ4v) is 2.76. The second-order valence-electron chi connectivity index (χ2n) is 5.16. The fraction of sp³-hybridized carbons (Fsp3) is 0.588. The molecule has 4 heteroatoms. The number of ether oxygens (including phenoxy) is 2. The van der Waals surface area contributed by atoms with E-state index in [9.17, 15) is 4.79 Å². The molecule has 0 N–H and O–H groups in total. The normalized spacial score (nSPS) is 13.8. The molecule has 0 spiro atoms. The Balaban J connectivity index is 3.12. The first-order valence-electron chi connectivity index (χ1n) is 7.57. The van der Waals surface area contributed by atoms with Crippen molar-refractivity contribution in [1.29, 1.82) is 0 Å². The summed E-state index contributed by atoms with van der Waals surface area (Å²) >= 11 is 0. The number of esters is 1. The number of nitrogens with zero attached hydrogens (tertiary/aromatic N) is 1. The van der Waals surface area contributed by atoms with E-state index in [4.69, 9.17) is 9.47 Å². The molecule has 0 aliphatic rings. The second-order valence-corrected chi connectivity index (χ2v) is 5.16. The average Bonchev–Trinajstić information content (AvgIpc) is 2.48. The Morgan fingerprint density at radius 1 is 1.14 bits per heavy atom. The van der Waals surface area contributed by atoms with Crippen molar-refractivity contribution in [3.8, 4) is 5.75 Å². The summed E-state index contributed by atoms with van der Waals surface area (Å²) in [4.78, 5) is 14.3. The molecule has 0 aliphatic carbocycles. The molecule has 1 aromatic carbocycles. The summed E-state index contributed by atoms with van der Waals surface area (Å²) in [7, 11) is 1.65. The molecule has 0 aromatic heterocycles. The third-order valence-corrected chi connectivity index (χ3v) is 3.97. The van der Waals surface area contributed by atoms with E-state index in [0.717, 1.165) is 24.4 Å². The first-order chi connectivity index (χ1) is 10.0. The number of carbonyl (C=O) groups is 1. The summed E-state index contributed by atoms with van der Waals surface area (Å²) in [6, 6.07) is 7.91. The number of carbonyl (C=O) groups excluding carboxylic acids is 1. The molecule has 1 atom stereocenters. The maximum Gasteiger partial charge on any atom is 0.307 e. The summed E-state index contributed by atoms with van der Waals surface area (Å²) in [5.74, 6) is 0.652. The van der Waals surface area contributed by atoms with Gasteiger partial charge in [0, 0.05) is 0 Å². The van der Waals surface area contributed by atoms with Crippen molar-refractivity contribution < 1.29 is 14.3 Å². The van der Waals surface area contributed by atoms with Crippen LogP contribution >= 0.6 is 0 Å². The van der Waals surface area contributed by atoms with Gasteiger partial charge in [-0.2, -0.15) is 0 Å². The van der Waals surface area contributed by atoms with E-state index >= 15 is 0 Å². The Hall–Kier alpha value is -1.55. The summed E-state index contributed by atoms with van der Waals surface area (Å²) in [6.07, 6.45) is 0.342. The van der Waals surface area contributed by atoms with Crippen LogP contribution in [0.5, 0.6) is 5.75 Å². The lowest BCUT2D eigenvalue weighted by atomic mass is 9.86. The van der Waals surface area contributed by atoms with Gasteiger partial charge in [-0.05, 0) is 44.6 Å². The Morgan fingerprint density at radius 2 is 1.71 bits per heavy atom. The Morgan fingerprint density at radius 3 is 2.14 bits per heavy atom. The van der Waals surface area contributed by atoms with E-state index < -0.39 is 0 Å². The Labute approximate surface area is 128 Å². The summed E-state index contributed by atoms with van der Waals surface area (Å²) in [5.41, 5.74) is 0.724. The largest absolute Gasteiger partial charge is 0.497 e. The van der Waals surface area contributed by atoms with Crippen LogP contribution in [0.25, 0.3) is 0 Å². The Kier molecular flexibility index (Phi) is 6.69. The molecule has 1 aromatic rings. The molecule has 0 radical (unpaired) electrons. The minimum Gasteiger partial charge on any atom is -0.497 e. The number of benzene rings is 1. The molecular formula is C17H27NO3. The van der Waals surface area contributed by atoms with E-state index in [0.29, 0.717) is 13.0 Å². The molecule has 0 aliphatic heterocycles. The lowest BCUT2D eigenvalue weighted by Crippen LogP contribution is -2.45. The zero-order valence-corrected chi connectivity index (χ0v) is 13.8. The first-order valence-corrected chi connectivity index (χ1v) is 7.57. The maximum absolute atomic E-state index is 12.0. The highest BCUT2D eigenvalue weighted by molar-refractivity contribution is 5.71. The van der Waals surface area contributed by atoms with E-state index in [1.165, 1.54) is 0 Å². The SMILES string of the molecule is CCOC(=O)CC(C)(c1ccc(OC)cc1)N(CC)CC. The van der Waals surface area contributed by atoms with Gasteiger partial charge in [0.05, 0.1) is 25.7 Å². The zero-order chi connectivity index (χ0) is 15.9. The van der Waals surface area contributed by atoms with Crippen molar-refractivity contribution >= 4 is 5.97 Å². The minimum absolute atomic E-state index is 0.164. The van der Waals surface area contributed by atoms with Crippen LogP contribution in [0.1, 0.15) is 39.7 Å². The number of hydrogen-bond donors (Lipinski definition) is 0. The minimum atomic E-state index is -0.373. The standard InChI is InChI=1S/C17H27NO3/c1-6-18(7-2)17(4,13-16(19)21-8-3)14-9-11-15(20-5)12-10-14/h9-12H,6-8,13H2,1-5H3. The van der Waals surface area contributed by atoms with Crippen LogP contribution in [0.3, 0.4) is 0 Å². The quantitative estimate of drug-likeness (QED) is 0.690. The number of methoxy groups -OCH3 is 1. The average molecular weight is 293 g/mol. The van der Waals surface area contributed by atoms with Crippen LogP contribution in [-0.4, -0.2) is 37.7 Å². The van der Waals surface area contributed by atoms with Gasteiger partial charge in [0.2, 0.25) is 0 Å². The lowest BCUT2D eigenvalue weighted by Gasteiger charge is -2.40. The second kappa shape index (κ2) is 8.03. The molecule has 1 unspecified atom stereocenters. The van der Waals surface area contributed by atoms with E-state index in [1.807, 2.05) is 31.2 Å². The molecule has 0 saturated heterocycles. The van der Waals surface area contributed by atoms with Crippen LogP contribution < -0.4 is 4.74 Å². The molecule has 4 nitrogen and oxygen atoms in total. The smallest absolute Gasteiger partial charge is 0.307 e. The molecule has 0 amide bonds. The van der Waals surface area contributed by atoms with Crippen molar-refractivity contribution in [3.63, 3.8) is 0 Å². The predicted octanol–water partition coefficient (Wildman–Crippen LogP) is 3.21. The highest BCUT2D eigenvalue weighted by atomic mass is 16.5. The first kappa shape index (κ1) is 17.5. The van der Waals surface area contributed by atoms with Crippen LogP contribution in [0.2, 0.25) is 0 Å². The Bertz CT molecular complexity index is 440. The van der Waals surface area contributed by atoms with Crippen molar-refractivity contribution in [3.05, 3.63) is 29.8 Å².